The van der Waals surface area contributed by atoms with E-state index in [4.69, 9.17) is 4.74 Å². The summed E-state index contributed by atoms with van der Waals surface area (Å²) in [5.41, 5.74) is 1.47. The van der Waals surface area contributed by atoms with Crippen LogP contribution in [0.3, 0.4) is 0 Å². The van der Waals surface area contributed by atoms with Crippen LogP contribution in [0.5, 0.6) is 5.75 Å². The van der Waals surface area contributed by atoms with Crippen molar-refractivity contribution in [3.63, 3.8) is 0 Å². The maximum Gasteiger partial charge on any atom is 0.308 e. The zero-order chi connectivity index (χ0) is 14.4. The Morgan fingerprint density at radius 2 is 1.75 bits per heavy atom. The van der Waals surface area contributed by atoms with E-state index in [1.165, 1.54) is 19.1 Å². The summed E-state index contributed by atoms with van der Waals surface area (Å²) in [6.07, 6.45) is 0.611. The first kappa shape index (κ1) is 13.6. The van der Waals surface area contributed by atoms with Crippen molar-refractivity contribution in [2.45, 2.75) is 6.92 Å². The van der Waals surface area contributed by atoms with Gasteiger partial charge in [0.1, 0.15) is 5.75 Å². The lowest BCUT2D eigenvalue weighted by atomic mass is 10.2. The van der Waals surface area contributed by atoms with E-state index in [0.29, 0.717) is 17.7 Å². The first-order valence-electron chi connectivity index (χ1n) is 5.93. The summed E-state index contributed by atoms with van der Waals surface area (Å²) < 4.78 is 4.91. The minimum Gasteiger partial charge on any atom is -0.426 e. The zero-order valence-electron chi connectivity index (χ0n) is 10.8. The van der Waals surface area contributed by atoms with Gasteiger partial charge in [-0.2, -0.15) is 10.2 Å². The molecule has 5 heteroatoms. The van der Waals surface area contributed by atoms with Crippen LogP contribution >= 0.6 is 0 Å². The van der Waals surface area contributed by atoms with Crippen molar-refractivity contribution in [3.05, 3.63) is 54.1 Å². The molecule has 20 heavy (non-hydrogen) atoms. The fraction of sp³-hybridized carbons (Fsp3) is 0.0667. The third kappa shape index (κ3) is 3.58. The van der Waals surface area contributed by atoms with Gasteiger partial charge in [-0.1, -0.05) is 18.2 Å². The van der Waals surface area contributed by atoms with E-state index < -0.39 is 5.97 Å². The third-order valence-corrected chi connectivity index (χ3v) is 2.41. The van der Waals surface area contributed by atoms with Gasteiger partial charge < -0.3 is 4.74 Å². The number of carbonyl (C=O) groups is 2. The van der Waals surface area contributed by atoms with Crippen LogP contribution in [0.1, 0.15) is 17.3 Å². The van der Waals surface area contributed by atoms with Gasteiger partial charge in [0.2, 0.25) is 0 Å². The van der Waals surface area contributed by atoms with E-state index in [-0.39, 0.29) is 11.3 Å². The molecule has 100 valence electrons. The molecule has 0 N–H and O–H groups in total. The number of aldehydes is 1. The lowest BCUT2D eigenvalue weighted by molar-refractivity contribution is -0.131. The van der Waals surface area contributed by atoms with E-state index in [2.05, 4.69) is 10.2 Å². The quantitative estimate of drug-likeness (QED) is 0.366. The molecule has 0 bridgehead atoms. The maximum absolute atomic E-state index is 11.0. The maximum atomic E-state index is 11.0. The summed E-state index contributed by atoms with van der Waals surface area (Å²) in [5, 5.41) is 8.07. The average Bonchev–Trinajstić information content (AvgIpc) is 2.46. The highest BCUT2D eigenvalue weighted by Crippen LogP contribution is 2.25. The molecule has 0 saturated carbocycles. The zero-order valence-corrected chi connectivity index (χ0v) is 10.8. The van der Waals surface area contributed by atoms with E-state index in [0.717, 1.165) is 0 Å². The van der Waals surface area contributed by atoms with Crippen LogP contribution < -0.4 is 4.74 Å². The van der Waals surface area contributed by atoms with E-state index in [1.807, 2.05) is 30.3 Å². The number of ether oxygens (including phenoxy) is 1. The standard InChI is InChI=1S/C15H12N2O3/c1-11(19)20-15-8-7-14(9-12(15)10-18)17-16-13-5-3-2-4-6-13/h2-10H,1H3. The third-order valence-electron chi connectivity index (χ3n) is 2.41. The molecule has 0 fully saturated rings. The van der Waals surface area contributed by atoms with Gasteiger partial charge in [0.05, 0.1) is 16.9 Å². The Kier molecular flexibility index (Phi) is 4.34. The second-order valence-electron chi connectivity index (χ2n) is 3.97. The number of nitrogens with zero attached hydrogens (tertiary/aromatic N) is 2. The molecule has 0 aliphatic rings. The number of hydrogen-bond donors (Lipinski definition) is 0. The molecule has 2 aromatic carbocycles. The SMILES string of the molecule is CC(=O)Oc1ccc(N=Nc2ccccc2)cc1C=O. The van der Waals surface area contributed by atoms with Crippen molar-refractivity contribution < 1.29 is 14.3 Å². The summed E-state index contributed by atoms with van der Waals surface area (Å²) in [6, 6.07) is 13.9. The Bertz CT molecular complexity index is 651. The fourth-order valence-corrected chi connectivity index (χ4v) is 1.55. The van der Waals surface area contributed by atoms with Crippen molar-refractivity contribution in [2.75, 3.05) is 0 Å². The number of esters is 1. The molecular weight excluding hydrogens is 256 g/mol. The minimum absolute atomic E-state index is 0.214. The summed E-state index contributed by atoms with van der Waals surface area (Å²) >= 11 is 0. The second kappa shape index (κ2) is 6.38. The second-order valence-corrected chi connectivity index (χ2v) is 3.97. The first-order valence-corrected chi connectivity index (χ1v) is 5.93. The number of hydrogen-bond acceptors (Lipinski definition) is 5. The largest absolute Gasteiger partial charge is 0.426 e. The van der Waals surface area contributed by atoms with E-state index >= 15 is 0 Å². The van der Waals surface area contributed by atoms with Crippen LogP contribution in [-0.4, -0.2) is 12.3 Å². The van der Waals surface area contributed by atoms with Crippen LogP contribution in [-0.2, 0) is 4.79 Å². The molecule has 2 aromatic rings. The smallest absolute Gasteiger partial charge is 0.308 e. The molecule has 0 aromatic heterocycles. The molecule has 0 spiro atoms. The van der Waals surface area contributed by atoms with Gasteiger partial charge >= 0.3 is 5.97 Å². The normalized spacial score (nSPS) is 10.4. The summed E-state index contributed by atoms with van der Waals surface area (Å²) in [5.74, 6) is -0.266. The van der Waals surface area contributed by atoms with E-state index in [9.17, 15) is 9.59 Å². The highest BCUT2D eigenvalue weighted by molar-refractivity contribution is 5.83. The summed E-state index contributed by atoms with van der Waals surface area (Å²) in [6.45, 7) is 1.28. The van der Waals surface area contributed by atoms with Gasteiger partial charge in [-0.15, -0.1) is 0 Å². The van der Waals surface area contributed by atoms with Crippen LogP contribution in [0.25, 0.3) is 0 Å². The molecule has 0 aliphatic heterocycles. The van der Waals surface area contributed by atoms with Gasteiger partial charge in [0.25, 0.3) is 0 Å². The van der Waals surface area contributed by atoms with Gasteiger partial charge in [-0.05, 0) is 30.3 Å². The monoisotopic (exact) mass is 268 g/mol. The molecule has 5 nitrogen and oxygen atoms in total. The van der Waals surface area contributed by atoms with Gasteiger partial charge in [-0.3, -0.25) is 9.59 Å². The summed E-state index contributed by atoms with van der Waals surface area (Å²) in [4.78, 5) is 21.9. The Hall–Kier alpha value is -2.82. The molecule has 0 heterocycles. The summed E-state index contributed by atoms with van der Waals surface area (Å²) in [7, 11) is 0. The van der Waals surface area contributed by atoms with Crippen molar-refractivity contribution >= 4 is 23.6 Å². The topological polar surface area (TPSA) is 68.1 Å². The van der Waals surface area contributed by atoms with Gasteiger partial charge in [-0.25, -0.2) is 0 Å². The predicted molar refractivity (Wildman–Crippen MR) is 73.8 cm³/mol. The highest BCUT2D eigenvalue weighted by atomic mass is 16.5. The van der Waals surface area contributed by atoms with Crippen LogP contribution in [0.2, 0.25) is 0 Å². The number of rotatable bonds is 4. The molecular formula is C15H12N2O3. The van der Waals surface area contributed by atoms with Crippen LogP contribution in [0, 0.1) is 0 Å². The lowest BCUT2D eigenvalue weighted by Gasteiger charge is -2.04. The van der Waals surface area contributed by atoms with Crippen molar-refractivity contribution in [2.24, 2.45) is 10.2 Å². The molecule has 0 atom stereocenters. The van der Waals surface area contributed by atoms with Crippen LogP contribution in [0.15, 0.2) is 58.8 Å². The Morgan fingerprint density at radius 1 is 1.05 bits per heavy atom. The minimum atomic E-state index is -0.480. The highest BCUT2D eigenvalue weighted by Gasteiger charge is 2.06. The lowest BCUT2D eigenvalue weighted by Crippen LogP contribution is -2.03. The molecule has 0 aliphatic carbocycles. The molecule has 0 unspecified atom stereocenters. The average molecular weight is 268 g/mol. The fourth-order valence-electron chi connectivity index (χ4n) is 1.55. The Balaban J connectivity index is 2.23. The molecule has 0 saturated heterocycles. The van der Waals surface area contributed by atoms with Crippen LogP contribution in [0.4, 0.5) is 11.4 Å². The van der Waals surface area contributed by atoms with Gasteiger partial charge in [0.15, 0.2) is 6.29 Å². The van der Waals surface area contributed by atoms with Crippen molar-refractivity contribution in [3.8, 4) is 5.75 Å². The van der Waals surface area contributed by atoms with Crippen molar-refractivity contribution in [1.82, 2.24) is 0 Å². The van der Waals surface area contributed by atoms with Crippen molar-refractivity contribution in [1.29, 1.82) is 0 Å². The number of benzene rings is 2. The Morgan fingerprint density at radius 3 is 2.40 bits per heavy atom. The molecule has 2 rings (SSSR count). The number of carbonyl (C=O) groups excluding carboxylic acids is 2. The van der Waals surface area contributed by atoms with Gasteiger partial charge in [0, 0.05) is 6.92 Å². The molecule has 0 amide bonds. The molecule has 0 radical (unpaired) electrons. The Labute approximate surface area is 115 Å². The first-order chi connectivity index (χ1) is 9.69. The predicted octanol–water partition coefficient (Wildman–Crippen LogP) is 3.84. The number of azo groups is 1. The van der Waals surface area contributed by atoms with E-state index in [1.54, 1.807) is 6.07 Å².